The predicted octanol–water partition coefficient (Wildman–Crippen LogP) is 2.09. The molecular weight excluding hydrogens is 292 g/mol. The van der Waals surface area contributed by atoms with Crippen LogP contribution >= 0.6 is 0 Å². The largest absolute Gasteiger partial charge is 0.395 e. The molecule has 1 aliphatic heterocycles. The molecule has 6 heteroatoms. The molecule has 3 rings (SSSR count). The summed E-state index contributed by atoms with van der Waals surface area (Å²) in [6, 6.07) is 7.98. The molecule has 0 unspecified atom stereocenters. The van der Waals surface area contributed by atoms with Crippen molar-refractivity contribution in [1.82, 2.24) is 14.8 Å². The quantitative estimate of drug-likeness (QED) is 0.809. The Labute approximate surface area is 136 Å². The molecule has 6 nitrogen and oxygen atoms in total. The Morgan fingerprint density at radius 2 is 2.09 bits per heavy atom. The number of aliphatic hydroxyl groups is 1. The van der Waals surface area contributed by atoms with Crippen molar-refractivity contribution < 1.29 is 9.90 Å². The summed E-state index contributed by atoms with van der Waals surface area (Å²) < 4.78 is 0. The van der Waals surface area contributed by atoms with Crippen molar-refractivity contribution in [2.45, 2.75) is 19.4 Å². The van der Waals surface area contributed by atoms with Crippen LogP contribution in [0.1, 0.15) is 13.3 Å². The maximum Gasteiger partial charge on any atom is 0.321 e. The molecule has 0 spiro atoms. The number of carbonyl (C=O) groups excluding carboxylic acids is 1. The monoisotopic (exact) mass is 316 g/mol. The number of hydrogen-bond donors (Lipinski definition) is 3. The van der Waals surface area contributed by atoms with Gasteiger partial charge in [-0.3, -0.25) is 4.90 Å². The lowest BCUT2D eigenvalue weighted by atomic mass is 10.1. The number of aromatic amines is 1. The Morgan fingerprint density at radius 3 is 2.78 bits per heavy atom. The van der Waals surface area contributed by atoms with E-state index in [9.17, 15) is 9.90 Å². The number of rotatable bonds is 4. The molecule has 2 amide bonds. The first-order valence-electron chi connectivity index (χ1n) is 8.19. The number of piperazine rings is 1. The molecule has 1 atom stereocenters. The van der Waals surface area contributed by atoms with E-state index in [4.69, 9.17) is 0 Å². The van der Waals surface area contributed by atoms with E-state index in [1.54, 1.807) is 0 Å². The van der Waals surface area contributed by atoms with E-state index in [1.807, 2.05) is 35.4 Å². The van der Waals surface area contributed by atoms with Crippen LogP contribution in [-0.4, -0.2) is 64.7 Å². The Hall–Kier alpha value is -2.05. The fourth-order valence-corrected chi connectivity index (χ4v) is 3.13. The van der Waals surface area contributed by atoms with Gasteiger partial charge in [-0.1, -0.05) is 6.92 Å². The van der Waals surface area contributed by atoms with Gasteiger partial charge in [-0.2, -0.15) is 0 Å². The van der Waals surface area contributed by atoms with E-state index in [2.05, 4.69) is 22.1 Å². The zero-order chi connectivity index (χ0) is 16.2. The van der Waals surface area contributed by atoms with Crippen molar-refractivity contribution in [1.29, 1.82) is 0 Å². The number of H-pyrrole nitrogens is 1. The summed E-state index contributed by atoms with van der Waals surface area (Å²) in [5.74, 6) is 0. The van der Waals surface area contributed by atoms with Gasteiger partial charge in [-0.15, -0.1) is 0 Å². The second-order valence-corrected chi connectivity index (χ2v) is 5.98. The Bertz CT molecular complexity index is 657. The molecule has 2 aromatic rings. The minimum atomic E-state index is -0.0587. The number of aromatic nitrogens is 1. The summed E-state index contributed by atoms with van der Waals surface area (Å²) in [6.07, 6.45) is 2.82. The number of fused-ring (bicyclic) bond motifs is 1. The zero-order valence-electron chi connectivity index (χ0n) is 13.5. The lowest BCUT2D eigenvalue weighted by Gasteiger charge is -2.38. The number of amides is 2. The Balaban J connectivity index is 1.57. The first-order valence-corrected chi connectivity index (χ1v) is 8.19. The third-order valence-electron chi connectivity index (χ3n) is 4.60. The van der Waals surface area contributed by atoms with E-state index in [0.29, 0.717) is 13.1 Å². The molecule has 1 aromatic heterocycles. The molecule has 3 N–H and O–H groups in total. The third kappa shape index (κ3) is 3.48. The molecule has 0 saturated carbocycles. The number of hydrogen-bond acceptors (Lipinski definition) is 3. The van der Waals surface area contributed by atoms with E-state index in [-0.39, 0.29) is 18.7 Å². The molecule has 0 aliphatic carbocycles. The topological polar surface area (TPSA) is 71.6 Å². The van der Waals surface area contributed by atoms with Crippen LogP contribution in [0.3, 0.4) is 0 Å². The molecule has 1 aliphatic rings. The lowest BCUT2D eigenvalue weighted by molar-refractivity contribution is 0.0766. The molecule has 1 saturated heterocycles. The van der Waals surface area contributed by atoms with Gasteiger partial charge in [0.1, 0.15) is 0 Å². The second-order valence-electron chi connectivity index (χ2n) is 5.98. The van der Waals surface area contributed by atoms with E-state index >= 15 is 0 Å². The third-order valence-corrected chi connectivity index (χ3v) is 4.60. The minimum absolute atomic E-state index is 0.0587. The standard InChI is InChI=1S/C17H24N4O2/c1-2-15(12-22)20-7-9-21(10-8-20)17(23)19-14-3-4-16-13(11-14)5-6-18-16/h3-6,11,15,18,22H,2,7-10,12H2,1H3,(H,19,23)/t15-/m1/s1. The van der Waals surface area contributed by atoms with Crippen LogP contribution < -0.4 is 5.32 Å². The van der Waals surface area contributed by atoms with Gasteiger partial charge >= 0.3 is 6.03 Å². The van der Waals surface area contributed by atoms with Crippen LogP contribution in [0, 0.1) is 0 Å². The zero-order valence-corrected chi connectivity index (χ0v) is 13.5. The number of nitrogens with zero attached hydrogens (tertiary/aromatic N) is 2. The number of carbonyl (C=O) groups is 1. The summed E-state index contributed by atoms with van der Waals surface area (Å²) in [6.45, 7) is 5.26. The van der Waals surface area contributed by atoms with Gasteiger partial charge in [0.2, 0.25) is 0 Å². The van der Waals surface area contributed by atoms with E-state index in [1.165, 1.54) is 0 Å². The normalized spacial score (nSPS) is 17.4. The SMILES string of the molecule is CC[C@H](CO)N1CCN(C(=O)Nc2ccc3[nH]ccc3c2)CC1. The van der Waals surface area contributed by atoms with Crippen LogP contribution in [0.15, 0.2) is 30.5 Å². The summed E-state index contributed by atoms with van der Waals surface area (Å²) in [5.41, 5.74) is 1.87. The van der Waals surface area contributed by atoms with Crippen molar-refractivity contribution in [2.24, 2.45) is 0 Å². The molecule has 124 valence electrons. The van der Waals surface area contributed by atoms with Crippen molar-refractivity contribution in [3.8, 4) is 0 Å². The molecule has 1 aromatic carbocycles. The highest BCUT2D eigenvalue weighted by Crippen LogP contribution is 2.18. The first kappa shape index (κ1) is 15.8. The number of urea groups is 1. The molecule has 1 fully saturated rings. The van der Waals surface area contributed by atoms with Gasteiger partial charge in [-0.25, -0.2) is 4.79 Å². The van der Waals surface area contributed by atoms with Crippen LogP contribution in [0.2, 0.25) is 0 Å². The smallest absolute Gasteiger partial charge is 0.321 e. The van der Waals surface area contributed by atoms with Crippen LogP contribution in [0.4, 0.5) is 10.5 Å². The maximum absolute atomic E-state index is 12.4. The Kier molecular flexibility index (Phi) is 4.83. The maximum atomic E-state index is 12.4. The number of benzene rings is 1. The van der Waals surface area contributed by atoms with Crippen LogP contribution in [0.25, 0.3) is 10.9 Å². The summed E-state index contributed by atoms with van der Waals surface area (Å²) in [7, 11) is 0. The van der Waals surface area contributed by atoms with Gasteiger partial charge in [0.15, 0.2) is 0 Å². The summed E-state index contributed by atoms with van der Waals surface area (Å²) in [4.78, 5) is 19.6. The van der Waals surface area contributed by atoms with Crippen molar-refractivity contribution in [2.75, 3.05) is 38.1 Å². The molecule has 0 bridgehead atoms. The van der Waals surface area contributed by atoms with Crippen LogP contribution in [-0.2, 0) is 0 Å². The predicted molar refractivity (Wildman–Crippen MR) is 91.6 cm³/mol. The van der Waals surface area contributed by atoms with E-state index < -0.39 is 0 Å². The molecular formula is C17H24N4O2. The van der Waals surface area contributed by atoms with Gasteiger partial charge in [0.25, 0.3) is 0 Å². The fraction of sp³-hybridized carbons (Fsp3) is 0.471. The summed E-state index contributed by atoms with van der Waals surface area (Å²) >= 11 is 0. The molecule has 0 radical (unpaired) electrons. The Morgan fingerprint density at radius 1 is 1.30 bits per heavy atom. The highest BCUT2D eigenvalue weighted by molar-refractivity contribution is 5.92. The van der Waals surface area contributed by atoms with Crippen molar-refractivity contribution >= 4 is 22.6 Å². The average molecular weight is 316 g/mol. The van der Waals surface area contributed by atoms with Crippen LogP contribution in [0.5, 0.6) is 0 Å². The average Bonchev–Trinajstić information content (AvgIpc) is 3.04. The molecule has 23 heavy (non-hydrogen) atoms. The highest BCUT2D eigenvalue weighted by atomic mass is 16.3. The lowest BCUT2D eigenvalue weighted by Crippen LogP contribution is -2.53. The van der Waals surface area contributed by atoms with Gasteiger partial charge < -0.3 is 20.3 Å². The van der Waals surface area contributed by atoms with Crippen molar-refractivity contribution in [3.63, 3.8) is 0 Å². The summed E-state index contributed by atoms with van der Waals surface area (Å²) in [5, 5.41) is 13.4. The van der Waals surface area contributed by atoms with Gasteiger partial charge in [0, 0.05) is 55.0 Å². The highest BCUT2D eigenvalue weighted by Gasteiger charge is 2.24. The minimum Gasteiger partial charge on any atom is -0.395 e. The number of anilines is 1. The molecule has 2 heterocycles. The van der Waals surface area contributed by atoms with Crippen molar-refractivity contribution in [3.05, 3.63) is 30.5 Å². The van der Waals surface area contributed by atoms with Gasteiger partial charge in [-0.05, 0) is 30.7 Å². The van der Waals surface area contributed by atoms with Gasteiger partial charge in [0.05, 0.1) is 6.61 Å². The van der Waals surface area contributed by atoms with E-state index in [0.717, 1.165) is 36.1 Å². The first-order chi connectivity index (χ1) is 11.2. The fourth-order valence-electron chi connectivity index (χ4n) is 3.13. The number of nitrogens with one attached hydrogen (secondary N) is 2. The number of aliphatic hydroxyl groups excluding tert-OH is 1. The second kappa shape index (κ2) is 7.02.